The summed E-state index contributed by atoms with van der Waals surface area (Å²) in [5, 5.41) is 10.4. The zero-order chi connectivity index (χ0) is 30.7. The summed E-state index contributed by atoms with van der Waals surface area (Å²) in [6.07, 6.45) is 3.66. The van der Waals surface area contributed by atoms with Gasteiger partial charge in [0.1, 0.15) is 11.9 Å². The maximum atomic E-state index is 14.8. The number of Topliss-reactive ketones (excluding diaryl/α,β-unsaturated/α-hetero) is 2. The Morgan fingerprint density at radius 2 is 1.63 bits per heavy atom. The van der Waals surface area contributed by atoms with Crippen LogP contribution in [0.4, 0.5) is 0 Å². The Morgan fingerprint density at radius 3 is 2.20 bits per heavy atom. The van der Waals surface area contributed by atoms with Gasteiger partial charge in [0.25, 0.3) is 0 Å². The van der Waals surface area contributed by atoms with Crippen LogP contribution in [0.15, 0.2) is 22.8 Å². The molecule has 0 heterocycles. The lowest BCUT2D eigenvalue weighted by Crippen LogP contribution is -2.70. The lowest BCUT2D eigenvalue weighted by Gasteiger charge is -2.67. The van der Waals surface area contributed by atoms with Crippen LogP contribution >= 0.6 is 0 Å². The smallest absolute Gasteiger partial charge is 0.331 e. The summed E-state index contributed by atoms with van der Waals surface area (Å²) in [6.45, 7) is 14.5. The number of aliphatic carboxylic acids is 1. The number of hydrogen-bond donors (Lipinski definition) is 1. The second-order valence-electron chi connectivity index (χ2n) is 13.8. The number of ketones is 2. The number of allylic oxidation sites excluding steroid dienone is 2. The van der Waals surface area contributed by atoms with Gasteiger partial charge in [-0.2, -0.15) is 0 Å². The molecule has 0 aromatic heterocycles. The average molecular weight is 571 g/mol. The molecule has 8 heteroatoms. The van der Waals surface area contributed by atoms with E-state index < -0.39 is 58.2 Å². The van der Waals surface area contributed by atoms with Gasteiger partial charge in [-0.25, -0.2) is 4.79 Å². The molecule has 4 aliphatic rings. The summed E-state index contributed by atoms with van der Waals surface area (Å²) in [6, 6.07) is 0. The Kier molecular flexibility index (Phi) is 8.22. The molecule has 4 aliphatic carbocycles. The summed E-state index contributed by atoms with van der Waals surface area (Å²) >= 11 is 0. The normalized spacial score (nSPS) is 41.0. The summed E-state index contributed by atoms with van der Waals surface area (Å²) in [5.74, 6) is -3.44. The molecule has 8 nitrogen and oxygen atoms in total. The minimum absolute atomic E-state index is 0.0874. The summed E-state index contributed by atoms with van der Waals surface area (Å²) < 4.78 is 11.6. The number of hydrogen-bond acceptors (Lipinski definition) is 7. The van der Waals surface area contributed by atoms with Crippen molar-refractivity contribution < 1.29 is 38.6 Å². The molecule has 226 valence electrons. The van der Waals surface area contributed by atoms with Gasteiger partial charge in [0, 0.05) is 43.1 Å². The van der Waals surface area contributed by atoms with Gasteiger partial charge in [0.15, 0.2) is 11.9 Å². The van der Waals surface area contributed by atoms with Gasteiger partial charge in [0.2, 0.25) is 0 Å². The van der Waals surface area contributed by atoms with E-state index >= 15 is 0 Å². The number of carboxylic acids is 1. The van der Waals surface area contributed by atoms with E-state index in [9.17, 15) is 29.1 Å². The van der Waals surface area contributed by atoms with E-state index in [1.807, 2.05) is 40.7 Å². The van der Waals surface area contributed by atoms with Crippen LogP contribution in [0.1, 0.15) is 100 Å². The second-order valence-corrected chi connectivity index (χ2v) is 13.8. The minimum Gasteiger partial charge on any atom is -0.478 e. The van der Waals surface area contributed by atoms with E-state index in [1.165, 1.54) is 13.8 Å². The van der Waals surface area contributed by atoms with Gasteiger partial charge in [-0.1, -0.05) is 39.3 Å². The van der Waals surface area contributed by atoms with Crippen molar-refractivity contribution in [3.63, 3.8) is 0 Å². The van der Waals surface area contributed by atoms with Gasteiger partial charge in [-0.15, -0.1) is 0 Å². The number of esters is 2. The van der Waals surface area contributed by atoms with Crippen LogP contribution in [-0.2, 0) is 33.4 Å². The molecule has 0 aliphatic heterocycles. The fourth-order valence-electron chi connectivity index (χ4n) is 9.64. The van der Waals surface area contributed by atoms with Crippen molar-refractivity contribution >= 4 is 29.5 Å². The number of rotatable bonds is 6. The van der Waals surface area contributed by atoms with E-state index in [-0.39, 0.29) is 29.0 Å². The SMILES string of the molecule is CC(=O)O[C@H]1C[C@@]2(C)[C@@H](CC[C@H]3[C@@]4(C)CCC(=O)[C@@H](C)[C@@H]4[C@H](OC(C)=O)C(=O)[C@@]32C)/C1=C(\CCC=C(C)C)C(=O)O. The van der Waals surface area contributed by atoms with E-state index in [2.05, 4.69) is 6.92 Å². The van der Waals surface area contributed by atoms with Crippen LogP contribution in [0.5, 0.6) is 0 Å². The Balaban J connectivity index is 1.91. The highest BCUT2D eigenvalue weighted by Gasteiger charge is 2.74. The molecule has 0 bridgehead atoms. The number of carbonyl (C=O) groups is 5. The maximum absolute atomic E-state index is 14.8. The molecule has 0 aromatic rings. The monoisotopic (exact) mass is 570 g/mol. The van der Waals surface area contributed by atoms with E-state index in [1.54, 1.807) is 0 Å². The maximum Gasteiger partial charge on any atom is 0.331 e. The van der Waals surface area contributed by atoms with E-state index in [4.69, 9.17) is 9.47 Å². The first-order valence-corrected chi connectivity index (χ1v) is 15.0. The molecule has 0 amide bonds. The Hall–Kier alpha value is -2.77. The van der Waals surface area contributed by atoms with Crippen LogP contribution in [-0.4, -0.2) is 46.8 Å². The molecule has 1 N–H and O–H groups in total. The first kappa shape index (κ1) is 31.2. The van der Waals surface area contributed by atoms with Crippen molar-refractivity contribution in [1.29, 1.82) is 0 Å². The van der Waals surface area contributed by atoms with Crippen LogP contribution in [0.2, 0.25) is 0 Å². The Bertz CT molecular complexity index is 1220. The summed E-state index contributed by atoms with van der Waals surface area (Å²) in [7, 11) is 0. The largest absolute Gasteiger partial charge is 0.478 e. The van der Waals surface area contributed by atoms with Gasteiger partial charge >= 0.3 is 17.9 Å². The average Bonchev–Trinajstić information content (AvgIpc) is 3.14. The second kappa shape index (κ2) is 10.8. The molecular formula is C33H46O8. The van der Waals surface area contributed by atoms with E-state index in [0.717, 1.165) is 5.57 Å². The molecule has 0 unspecified atom stereocenters. The number of fused-ring (bicyclic) bond motifs is 5. The van der Waals surface area contributed by atoms with Crippen molar-refractivity contribution in [2.75, 3.05) is 0 Å². The molecular weight excluding hydrogens is 524 g/mol. The van der Waals surface area contributed by atoms with Gasteiger partial charge < -0.3 is 14.6 Å². The van der Waals surface area contributed by atoms with Gasteiger partial charge in [0.05, 0.1) is 0 Å². The third kappa shape index (κ3) is 4.79. The van der Waals surface area contributed by atoms with Crippen molar-refractivity contribution in [3.8, 4) is 0 Å². The number of carbonyl (C=O) groups excluding carboxylic acids is 4. The quantitative estimate of drug-likeness (QED) is 0.248. The number of ether oxygens (including phenoxy) is 2. The Morgan fingerprint density at radius 1 is 1.00 bits per heavy atom. The first-order valence-electron chi connectivity index (χ1n) is 15.0. The van der Waals surface area contributed by atoms with Crippen molar-refractivity contribution in [1.82, 2.24) is 0 Å². The molecule has 9 atom stereocenters. The van der Waals surface area contributed by atoms with Crippen LogP contribution in [0, 0.1) is 39.9 Å². The topological polar surface area (TPSA) is 124 Å². The van der Waals surface area contributed by atoms with Crippen molar-refractivity contribution in [3.05, 3.63) is 22.8 Å². The molecule has 41 heavy (non-hydrogen) atoms. The lowest BCUT2D eigenvalue weighted by atomic mass is 9.36. The molecule has 0 spiro atoms. The van der Waals surface area contributed by atoms with Crippen LogP contribution in [0.3, 0.4) is 0 Å². The van der Waals surface area contributed by atoms with Crippen molar-refractivity contribution in [2.24, 2.45) is 39.9 Å². The standard InChI is InChI=1S/C33H46O8/c1-17(2)10-9-11-21(30(38)39)26-22-12-13-25-31(6)15-14-23(36)18(3)27(31)28(41-20(5)35)29(37)33(25,8)32(22,7)16-24(26)40-19(4)34/h10,18,22,24-25,27-28H,9,11-16H2,1-8H3,(H,38,39)/b26-21-/t18-,22+,24+,25+,27-,28+,31-,32+,33-/m1/s1. The van der Waals surface area contributed by atoms with Gasteiger partial charge in [-0.05, 0) is 80.6 Å². The molecule has 4 rings (SSSR count). The zero-order valence-corrected chi connectivity index (χ0v) is 25.8. The predicted octanol–water partition coefficient (Wildman–Crippen LogP) is 5.62. The van der Waals surface area contributed by atoms with Crippen LogP contribution in [0.25, 0.3) is 0 Å². The van der Waals surface area contributed by atoms with Crippen molar-refractivity contribution in [2.45, 2.75) is 113 Å². The van der Waals surface area contributed by atoms with Crippen LogP contribution < -0.4 is 0 Å². The fourth-order valence-corrected chi connectivity index (χ4v) is 9.64. The minimum atomic E-state index is -1.06. The highest BCUT2D eigenvalue weighted by Crippen LogP contribution is 2.73. The highest BCUT2D eigenvalue weighted by atomic mass is 16.5. The third-order valence-corrected chi connectivity index (χ3v) is 11.5. The van der Waals surface area contributed by atoms with E-state index in [0.29, 0.717) is 50.5 Å². The highest BCUT2D eigenvalue weighted by molar-refractivity contribution is 5.95. The molecule has 0 aromatic carbocycles. The third-order valence-electron chi connectivity index (χ3n) is 11.5. The fraction of sp³-hybridized carbons (Fsp3) is 0.727. The van der Waals surface area contributed by atoms with Gasteiger partial charge in [-0.3, -0.25) is 19.2 Å². The molecule has 0 saturated heterocycles. The summed E-state index contributed by atoms with van der Waals surface area (Å²) in [4.78, 5) is 65.0. The lowest BCUT2D eigenvalue weighted by molar-refractivity contribution is -0.219. The Labute approximate surface area is 243 Å². The zero-order valence-electron chi connectivity index (χ0n) is 25.8. The predicted molar refractivity (Wildman–Crippen MR) is 151 cm³/mol. The summed E-state index contributed by atoms with van der Waals surface area (Å²) in [5.41, 5.74) is -0.222. The molecule has 4 fully saturated rings. The molecule has 0 radical (unpaired) electrons. The first-order chi connectivity index (χ1) is 19.0. The number of carboxylic acid groups (broad SMARTS) is 1. The molecule has 4 saturated carbocycles.